The summed E-state index contributed by atoms with van der Waals surface area (Å²) in [5.41, 5.74) is 8.10. The molecule has 16 heavy (non-hydrogen) atoms. The summed E-state index contributed by atoms with van der Waals surface area (Å²) in [4.78, 5) is 10.7. The van der Waals surface area contributed by atoms with Crippen molar-refractivity contribution in [2.24, 2.45) is 0 Å². The maximum absolute atomic E-state index is 11.0. The van der Waals surface area contributed by atoms with E-state index in [1.807, 2.05) is 33.8 Å². The van der Waals surface area contributed by atoms with Gasteiger partial charge in [-0.15, -0.1) is 0 Å². The molecule has 0 fully saturated rings. The summed E-state index contributed by atoms with van der Waals surface area (Å²) in [5.74, 6) is 0.295. The number of hydrogen-bond donors (Lipinski definition) is 1. The van der Waals surface area contributed by atoms with Crippen LogP contribution in [0.2, 0.25) is 0 Å². The Morgan fingerprint density at radius 2 is 1.75 bits per heavy atom. The van der Waals surface area contributed by atoms with E-state index in [0.29, 0.717) is 11.3 Å². The largest absolute Gasteiger partial charge is 0.398 e. The van der Waals surface area contributed by atoms with Crippen LogP contribution in [-0.2, 0) is 0 Å². The highest BCUT2D eigenvalue weighted by Crippen LogP contribution is 2.34. The van der Waals surface area contributed by atoms with Crippen LogP contribution in [0, 0.1) is 10.1 Å². The van der Waals surface area contributed by atoms with Gasteiger partial charge in [0.2, 0.25) is 0 Å². The molecular weight excluding hydrogens is 204 g/mol. The van der Waals surface area contributed by atoms with Gasteiger partial charge in [-0.2, -0.15) is 0 Å². The van der Waals surface area contributed by atoms with Gasteiger partial charge in [0.25, 0.3) is 5.69 Å². The van der Waals surface area contributed by atoms with Crippen LogP contribution in [0.5, 0.6) is 0 Å². The topological polar surface area (TPSA) is 69.2 Å². The Kier molecular flexibility index (Phi) is 3.52. The summed E-state index contributed by atoms with van der Waals surface area (Å²) in [5, 5.41) is 11.0. The molecule has 0 aliphatic carbocycles. The third-order valence-electron chi connectivity index (χ3n) is 2.65. The second-order valence-corrected chi connectivity index (χ2v) is 4.61. The van der Waals surface area contributed by atoms with E-state index in [0.717, 1.165) is 5.56 Å². The molecule has 0 unspecified atom stereocenters. The second-order valence-electron chi connectivity index (χ2n) is 4.61. The van der Waals surface area contributed by atoms with Crippen LogP contribution in [-0.4, -0.2) is 4.92 Å². The van der Waals surface area contributed by atoms with Gasteiger partial charge in [-0.3, -0.25) is 10.1 Å². The van der Waals surface area contributed by atoms with Gasteiger partial charge in [-0.1, -0.05) is 27.7 Å². The van der Waals surface area contributed by atoms with E-state index >= 15 is 0 Å². The van der Waals surface area contributed by atoms with Crippen LogP contribution in [0.3, 0.4) is 0 Å². The van der Waals surface area contributed by atoms with Gasteiger partial charge < -0.3 is 5.73 Å². The SMILES string of the molecule is CC(C)c1cc(N)c(C(C)C)c([N+](=O)[O-])c1. The smallest absolute Gasteiger partial charge is 0.275 e. The van der Waals surface area contributed by atoms with Crippen LogP contribution in [0.1, 0.15) is 50.7 Å². The lowest BCUT2D eigenvalue weighted by molar-refractivity contribution is -0.385. The summed E-state index contributed by atoms with van der Waals surface area (Å²) >= 11 is 0. The van der Waals surface area contributed by atoms with Crippen molar-refractivity contribution >= 4 is 11.4 Å². The molecule has 0 heterocycles. The number of nitrogens with zero attached hydrogens (tertiary/aromatic N) is 1. The standard InChI is InChI=1S/C12H18N2O2/c1-7(2)9-5-10(13)12(8(3)4)11(6-9)14(15)16/h5-8H,13H2,1-4H3. The van der Waals surface area contributed by atoms with Crippen LogP contribution in [0.15, 0.2) is 12.1 Å². The highest BCUT2D eigenvalue weighted by Gasteiger charge is 2.21. The fraction of sp³-hybridized carbons (Fsp3) is 0.500. The second kappa shape index (κ2) is 4.51. The van der Waals surface area contributed by atoms with Crippen molar-refractivity contribution in [3.05, 3.63) is 33.4 Å². The maximum Gasteiger partial charge on any atom is 0.275 e. The summed E-state index contributed by atoms with van der Waals surface area (Å²) in [6, 6.07) is 3.48. The number of anilines is 1. The first-order valence-corrected chi connectivity index (χ1v) is 5.42. The lowest BCUT2D eigenvalue weighted by Crippen LogP contribution is -2.04. The molecule has 1 aromatic rings. The normalized spacial score (nSPS) is 11.1. The van der Waals surface area contributed by atoms with Crippen molar-refractivity contribution in [1.29, 1.82) is 0 Å². The first-order chi connectivity index (χ1) is 7.34. The number of nitrogen functional groups attached to an aromatic ring is 1. The first-order valence-electron chi connectivity index (χ1n) is 5.42. The lowest BCUT2D eigenvalue weighted by atomic mass is 9.93. The number of benzene rings is 1. The van der Waals surface area contributed by atoms with Gasteiger partial charge in [0.15, 0.2) is 0 Å². The minimum Gasteiger partial charge on any atom is -0.398 e. The van der Waals surface area contributed by atoms with Gasteiger partial charge in [-0.05, 0) is 23.5 Å². The van der Waals surface area contributed by atoms with E-state index in [1.54, 1.807) is 6.07 Å². The average molecular weight is 222 g/mol. The van der Waals surface area contributed by atoms with Crippen molar-refractivity contribution in [1.82, 2.24) is 0 Å². The highest BCUT2D eigenvalue weighted by atomic mass is 16.6. The minimum absolute atomic E-state index is 0.0570. The molecule has 0 radical (unpaired) electrons. The molecule has 1 rings (SSSR count). The van der Waals surface area contributed by atoms with Crippen LogP contribution >= 0.6 is 0 Å². The summed E-state index contributed by atoms with van der Waals surface area (Å²) in [7, 11) is 0. The van der Waals surface area contributed by atoms with Gasteiger partial charge in [0.05, 0.1) is 10.5 Å². The summed E-state index contributed by atoms with van der Waals surface area (Å²) in [6.45, 7) is 7.81. The van der Waals surface area contributed by atoms with Crippen molar-refractivity contribution in [3.63, 3.8) is 0 Å². The fourth-order valence-corrected chi connectivity index (χ4v) is 1.80. The Morgan fingerprint density at radius 3 is 2.12 bits per heavy atom. The third kappa shape index (κ3) is 2.32. The molecular formula is C12H18N2O2. The molecule has 4 nitrogen and oxygen atoms in total. The summed E-state index contributed by atoms with van der Waals surface area (Å²) < 4.78 is 0. The average Bonchev–Trinajstić information content (AvgIpc) is 2.15. The van der Waals surface area contributed by atoms with Crippen molar-refractivity contribution in [2.75, 3.05) is 5.73 Å². The van der Waals surface area contributed by atoms with E-state index in [-0.39, 0.29) is 22.4 Å². The molecule has 0 atom stereocenters. The number of nitrogens with two attached hydrogens (primary N) is 1. The predicted octanol–water partition coefficient (Wildman–Crippen LogP) is 3.42. The van der Waals surface area contributed by atoms with Crippen LogP contribution in [0.25, 0.3) is 0 Å². The Balaban J connectivity index is 3.45. The van der Waals surface area contributed by atoms with Crippen molar-refractivity contribution in [2.45, 2.75) is 39.5 Å². The number of nitro groups is 1. The molecule has 0 aliphatic rings. The van der Waals surface area contributed by atoms with Crippen LogP contribution < -0.4 is 5.73 Å². The molecule has 0 aliphatic heterocycles. The lowest BCUT2D eigenvalue weighted by Gasteiger charge is -2.13. The van der Waals surface area contributed by atoms with Gasteiger partial charge in [0.1, 0.15) is 0 Å². The first kappa shape index (κ1) is 12.5. The summed E-state index contributed by atoms with van der Waals surface area (Å²) in [6.07, 6.45) is 0. The van der Waals surface area contributed by atoms with Crippen molar-refractivity contribution in [3.8, 4) is 0 Å². The third-order valence-corrected chi connectivity index (χ3v) is 2.65. The van der Waals surface area contributed by atoms with Crippen LogP contribution in [0.4, 0.5) is 11.4 Å². The molecule has 1 aromatic carbocycles. The maximum atomic E-state index is 11.0. The molecule has 88 valence electrons. The zero-order valence-corrected chi connectivity index (χ0v) is 10.2. The van der Waals surface area contributed by atoms with E-state index in [2.05, 4.69) is 0 Å². The molecule has 0 bridgehead atoms. The Labute approximate surface area is 95.6 Å². The Hall–Kier alpha value is -1.58. The predicted molar refractivity (Wildman–Crippen MR) is 65.7 cm³/mol. The Morgan fingerprint density at radius 1 is 1.19 bits per heavy atom. The quantitative estimate of drug-likeness (QED) is 0.484. The van der Waals surface area contributed by atoms with E-state index in [9.17, 15) is 10.1 Å². The molecule has 4 heteroatoms. The highest BCUT2D eigenvalue weighted by molar-refractivity contribution is 5.61. The molecule has 2 N–H and O–H groups in total. The number of hydrogen-bond acceptors (Lipinski definition) is 3. The van der Waals surface area contributed by atoms with E-state index in [1.165, 1.54) is 0 Å². The molecule has 0 aromatic heterocycles. The van der Waals surface area contributed by atoms with E-state index < -0.39 is 0 Å². The molecule has 0 amide bonds. The monoisotopic (exact) mass is 222 g/mol. The Bertz CT molecular complexity index is 412. The molecule has 0 spiro atoms. The van der Waals surface area contributed by atoms with E-state index in [4.69, 9.17) is 5.73 Å². The zero-order valence-electron chi connectivity index (χ0n) is 10.2. The number of nitro benzene ring substituents is 1. The number of rotatable bonds is 3. The molecule has 0 saturated heterocycles. The van der Waals surface area contributed by atoms with Gasteiger partial charge in [0, 0.05) is 11.8 Å². The minimum atomic E-state index is -0.350. The molecule has 0 saturated carbocycles. The van der Waals surface area contributed by atoms with Crippen molar-refractivity contribution < 1.29 is 4.92 Å². The fourth-order valence-electron chi connectivity index (χ4n) is 1.80. The van der Waals surface area contributed by atoms with Gasteiger partial charge in [-0.25, -0.2) is 0 Å². The van der Waals surface area contributed by atoms with Gasteiger partial charge >= 0.3 is 0 Å². The zero-order chi connectivity index (χ0) is 12.5.